The number of likely N-dealkylation sites (tertiary alicyclic amines) is 1. The summed E-state index contributed by atoms with van der Waals surface area (Å²) in [6.07, 6.45) is 6.87. The van der Waals surface area contributed by atoms with Crippen LogP contribution in [-0.4, -0.2) is 68.9 Å². The number of nitrogens with one attached hydrogen (secondary N) is 1. The molecule has 10 heteroatoms. The second kappa shape index (κ2) is 9.50. The minimum absolute atomic E-state index is 0.0427. The maximum atomic E-state index is 13.0. The fourth-order valence-electron chi connectivity index (χ4n) is 5.49. The average molecular weight is 471 g/mol. The van der Waals surface area contributed by atoms with E-state index in [-0.39, 0.29) is 35.6 Å². The first-order chi connectivity index (χ1) is 16.4. The van der Waals surface area contributed by atoms with Crippen LogP contribution in [0.5, 0.6) is 0 Å². The molecule has 1 aliphatic carbocycles. The van der Waals surface area contributed by atoms with E-state index in [2.05, 4.69) is 10.3 Å². The monoisotopic (exact) mass is 470 g/mol. The summed E-state index contributed by atoms with van der Waals surface area (Å²) in [6, 6.07) is 0.108. The summed E-state index contributed by atoms with van der Waals surface area (Å²) in [7, 11) is 0. The van der Waals surface area contributed by atoms with Crippen LogP contribution in [0.15, 0.2) is 11.0 Å². The molecule has 4 heterocycles. The average Bonchev–Trinajstić information content (AvgIpc) is 3.38. The number of nitrogens with two attached hydrogens (primary N) is 1. The molecule has 0 spiro atoms. The number of hydrogen-bond donors (Lipinski definition) is 3. The van der Waals surface area contributed by atoms with Gasteiger partial charge in [0, 0.05) is 43.4 Å². The van der Waals surface area contributed by atoms with Crippen LogP contribution in [0.3, 0.4) is 0 Å². The number of ether oxygens (including phenoxy) is 1. The summed E-state index contributed by atoms with van der Waals surface area (Å²) >= 11 is 0. The van der Waals surface area contributed by atoms with Gasteiger partial charge in [0.15, 0.2) is 5.65 Å². The topological polar surface area (TPSA) is 136 Å². The number of piperidine rings is 1. The Morgan fingerprint density at radius 3 is 2.59 bits per heavy atom. The van der Waals surface area contributed by atoms with E-state index in [4.69, 9.17) is 15.5 Å². The number of nitrogen functional groups attached to an aromatic ring is 1. The molecule has 184 valence electrons. The first kappa shape index (κ1) is 23.0. The Balaban J connectivity index is 1.29. The van der Waals surface area contributed by atoms with Gasteiger partial charge < -0.3 is 25.8 Å². The second-order valence-electron chi connectivity index (χ2n) is 9.91. The minimum Gasteiger partial charge on any atom is -0.398 e. The molecule has 2 saturated heterocycles. The van der Waals surface area contributed by atoms with Crippen molar-refractivity contribution in [2.75, 3.05) is 37.4 Å². The largest absolute Gasteiger partial charge is 0.398 e. The number of fused-ring (bicyclic) bond motifs is 1. The van der Waals surface area contributed by atoms with Gasteiger partial charge in [0.25, 0.3) is 5.56 Å². The van der Waals surface area contributed by atoms with Crippen LogP contribution in [-0.2, 0) is 9.53 Å². The van der Waals surface area contributed by atoms with Crippen molar-refractivity contribution in [2.24, 2.45) is 5.92 Å². The highest BCUT2D eigenvalue weighted by Gasteiger charge is 2.31. The number of carbonyl (C=O) groups is 1. The van der Waals surface area contributed by atoms with Crippen LogP contribution >= 0.6 is 0 Å². The number of hydrogen-bond acceptors (Lipinski definition) is 8. The van der Waals surface area contributed by atoms with Crippen LogP contribution < -0.4 is 16.6 Å². The predicted octanol–water partition coefficient (Wildman–Crippen LogP) is 1.60. The standard InChI is InChI=1S/C24H34N6O4/c1-14-20(25)19-12-26-24(28-21(19)30(22(14)32)17-8-11-34-13-17)27-16-4-2-15(3-5-16)23(33)29-9-6-18(31)7-10-29/h12,15-18,31H,2-11,13,25H2,1H3,(H,26,27,28). The Bertz CT molecular complexity index is 1110. The molecule has 1 amide bonds. The molecule has 2 aromatic heterocycles. The molecule has 34 heavy (non-hydrogen) atoms. The lowest BCUT2D eigenvalue weighted by molar-refractivity contribution is -0.138. The Morgan fingerprint density at radius 2 is 1.91 bits per heavy atom. The van der Waals surface area contributed by atoms with E-state index in [1.54, 1.807) is 17.7 Å². The van der Waals surface area contributed by atoms with Gasteiger partial charge >= 0.3 is 0 Å². The van der Waals surface area contributed by atoms with Crippen LogP contribution in [0.2, 0.25) is 0 Å². The Labute approximate surface area is 198 Å². The van der Waals surface area contributed by atoms with Crippen molar-refractivity contribution in [3.8, 4) is 0 Å². The molecule has 1 atom stereocenters. The van der Waals surface area contributed by atoms with E-state index in [0.717, 1.165) is 32.1 Å². The molecule has 0 aromatic carbocycles. The molecular formula is C24H34N6O4. The zero-order valence-corrected chi connectivity index (χ0v) is 19.7. The summed E-state index contributed by atoms with van der Waals surface area (Å²) in [6.45, 7) is 4.15. The van der Waals surface area contributed by atoms with Crippen LogP contribution in [0.1, 0.15) is 56.6 Å². The number of rotatable bonds is 4. The second-order valence-corrected chi connectivity index (χ2v) is 9.91. The van der Waals surface area contributed by atoms with Crippen molar-refractivity contribution in [3.05, 3.63) is 22.1 Å². The number of amides is 1. The van der Waals surface area contributed by atoms with Crippen LogP contribution in [0.25, 0.3) is 11.0 Å². The van der Waals surface area contributed by atoms with E-state index in [1.807, 2.05) is 4.90 Å². The van der Waals surface area contributed by atoms with Crippen LogP contribution in [0, 0.1) is 12.8 Å². The molecule has 2 aliphatic heterocycles. The highest BCUT2D eigenvalue weighted by atomic mass is 16.5. The van der Waals surface area contributed by atoms with Gasteiger partial charge in [-0.1, -0.05) is 0 Å². The maximum absolute atomic E-state index is 13.0. The van der Waals surface area contributed by atoms with E-state index < -0.39 is 0 Å². The molecule has 10 nitrogen and oxygen atoms in total. The van der Waals surface area contributed by atoms with Gasteiger partial charge in [0.2, 0.25) is 11.9 Å². The van der Waals surface area contributed by atoms with Crippen molar-refractivity contribution in [1.82, 2.24) is 19.4 Å². The maximum Gasteiger partial charge on any atom is 0.257 e. The third-order valence-corrected chi connectivity index (χ3v) is 7.69. The zero-order chi connectivity index (χ0) is 23.8. The van der Waals surface area contributed by atoms with Crippen molar-refractivity contribution >= 4 is 28.6 Å². The molecule has 3 aliphatic rings. The third kappa shape index (κ3) is 4.36. The Morgan fingerprint density at radius 1 is 1.18 bits per heavy atom. The van der Waals surface area contributed by atoms with Gasteiger partial charge in [-0.25, -0.2) is 4.98 Å². The predicted molar refractivity (Wildman–Crippen MR) is 129 cm³/mol. The lowest BCUT2D eigenvalue weighted by Gasteiger charge is -2.35. The lowest BCUT2D eigenvalue weighted by atomic mass is 9.85. The smallest absolute Gasteiger partial charge is 0.257 e. The molecule has 0 radical (unpaired) electrons. The summed E-state index contributed by atoms with van der Waals surface area (Å²) < 4.78 is 7.24. The molecule has 5 rings (SSSR count). The van der Waals surface area contributed by atoms with Crippen molar-refractivity contribution in [3.63, 3.8) is 0 Å². The molecule has 1 saturated carbocycles. The first-order valence-corrected chi connectivity index (χ1v) is 12.4. The van der Waals surface area contributed by atoms with Gasteiger partial charge in [0.05, 0.1) is 29.8 Å². The molecule has 2 aromatic rings. The fraction of sp³-hybridized carbons (Fsp3) is 0.667. The van der Waals surface area contributed by atoms with Crippen molar-refractivity contribution < 1.29 is 14.6 Å². The van der Waals surface area contributed by atoms with Gasteiger partial charge in [-0.3, -0.25) is 14.2 Å². The normalized spacial score (nSPS) is 26.2. The van der Waals surface area contributed by atoms with Gasteiger partial charge in [-0.2, -0.15) is 4.98 Å². The molecule has 0 bridgehead atoms. The lowest BCUT2D eigenvalue weighted by Crippen LogP contribution is -2.44. The van der Waals surface area contributed by atoms with E-state index in [0.29, 0.717) is 67.4 Å². The summed E-state index contributed by atoms with van der Waals surface area (Å²) in [4.78, 5) is 37.0. The fourth-order valence-corrected chi connectivity index (χ4v) is 5.49. The number of anilines is 2. The number of carbonyl (C=O) groups excluding carboxylic acids is 1. The zero-order valence-electron chi connectivity index (χ0n) is 19.7. The third-order valence-electron chi connectivity index (χ3n) is 7.69. The first-order valence-electron chi connectivity index (χ1n) is 12.4. The quantitative estimate of drug-likeness (QED) is 0.613. The number of pyridine rings is 1. The van der Waals surface area contributed by atoms with E-state index >= 15 is 0 Å². The summed E-state index contributed by atoms with van der Waals surface area (Å²) in [5.74, 6) is 0.740. The van der Waals surface area contributed by atoms with Gasteiger partial charge in [-0.15, -0.1) is 0 Å². The Kier molecular flexibility index (Phi) is 6.44. The van der Waals surface area contributed by atoms with E-state index in [1.165, 1.54) is 0 Å². The number of aliphatic hydroxyl groups is 1. The summed E-state index contributed by atoms with van der Waals surface area (Å²) in [5, 5.41) is 13.8. The minimum atomic E-state index is -0.275. The highest BCUT2D eigenvalue weighted by Crippen LogP contribution is 2.30. The van der Waals surface area contributed by atoms with E-state index in [9.17, 15) is 14.7 Å². The SMILES string of the molecule is Cc1c(N)c2cnc(NC3CCC(C(=O)N4CCC(O)CC4)CC3)nc2n(C2CCOC2)c1=O. The summed E-state index contributed by atoms with van der Waals surface area (Å²) in [5.41, 5.74) is 7.58. The van der Waals surface area contributed by atoms with Crippen molar-refractivity contribution in [2.45, 2.75) is 70.1 Å². The number of aromatic nitrogens is 3. The van der Waals surface area contributed by atoms with Crippen LogP contribution in [0.4, 0.5) is 11.6 Å². The van der Waals surface area contributed by atoms with Crippen molar-refractivity contribution in [1.29, 1.82) is 0 Å². The number of aliphatic hydroxyl groups excluding tert-OH is 1. The van der Waals surface area contributed by atoms with Gasteiger partial charge in [-0.05, 0) is 51.9 Å². The van der Waals surface area contributed by atoms with Gasteiger partial charge in [0.1, 0.15) is 0 Å². The molecule has 1 unspecified atom stereocenters. The highest BCUT2D eigenvalue weighted by molar-refractivity contribution is 5.89. The Hall–Kier alpha value is -2.72. The molecule has 3 fully saturated rings. The number of nitrogens with zero attached hydrogens (tertiary/aromatic N) is 4. The molecular weight excluding hydrogens is 436 g/mol. The molecule has 4 N–H and O–H groups in total.